The van der Waals surface area contributed by atoms with Crippen LogP contribution < -0.4 is 20.6 Å². The van der Waals surface area contributed by atoms with Crippen LogP contribution in [0, 0.1) is 11.3 Å². The van der Waals surface area contributed by atoms with E-state index in [-0.39, 0.29) is 41.1 Å². The normalized spacial score (nSPS) is 19.1. The number of amides is 2. The van der Waals surface area contributed by atoms with Crippen molar-refractivity contribution in [1.82, 2.24) is 19.8 Å². The molecule has 194 valence electrons. The minimum Gasteiger partial charge on any atom is -0.543 e. The molecule has 3 aromatic rings. The molecular formula is C23H20N8O5S2. The second-order valence-corrected chi connectivity index (χ2v) is 10.2. The second-order valence-electron chi connectivity index (χ2n) is 8.21. The van der Waals surface area contributed by atoms with E-state index in [1.165, 1.54) is 11.8 Å². The molecule has 2 amide bonds. The van der Waals surface area contributed by atoms with Gasteiger partial charge in [-0.1, -0.05) is 11.2 Å². The highest BCUT2D eigenvalue weighted by molar-refractivity contribution is 8.00. The van der Waals surface area contributed by atoms with Crippen LogP contribution in [0.3, 0.4) is 0 Å². The van der Waals surface area contributed by atoms with Crippen LogP contribution in [0.4, 0.5) is 5.13 Å². The number of imidazole rings is 1. The largest absolute Gasteiger partial charge is 0.543 e. The van der Waals surface area contributed by atoms with E-state index in [1.807, 2.05) is 6.07 Å². The summed E-state index contributed by atoms with van der Waals surface area (Å²) >= 11 is 2.43. The van der Waals surface area contributed by atoms with E-state index in [0.717, 1.165) is 16.2 Å². The summed E-state index contributed by atoms with van der Waals surface area (Å²) in [6, 6.07) is 6.52. The molecular weight excluding hydrogens is 532 g/mol. The molecule has 3 aromatic heterocycles. The van der Waals surface area contributed by atoms with E-state index in [4.69, 9.17) is 10.6 Å². The maximum atomic E-state index is 13.1. The van der Waals surface area contributed by atoms with Gasteiger partial charge < -0.3 is 25.8 Å². The van der Waals surface area contributed by atoms with Crippen LogP contribution in [0.25, 0.3) is 5.65 Å². The average Bonchev–Trinajstić information content (AvgIpc) is 3.50. The predicted molar refractivity (Wildman–Crippen MR) is 134 cm³/mol. The number of β-lactam (4-membered cyclic amide) rings is 1. The molecule has 5 heterocycles. The minimum atomic E-state index is -1.50. The summed E-state index contributed by atoms with van der Waals surface area (Å²) in [6.45, 7) is 2.04. The van der Waals surface area contributed by atoms with Crippen molar-refractivity contribution < 1.29 is 28.7 Å². The zero-order chi connectivity index (χ0) is 27.0. The van der Waals surface area contributed by atoms with E-state index in [2.05, 4.69) is 21.5 Å². The van der Waals surface area contributed by atoms with Crippen molar-refractivity contribution in [2.24, 2.45) is 5.16 Å². The third kappa shape index (κ3) is 4.33. The van der Waals surface area contributed by atoms with Crippen LogP contribution in [0.2, 0.25) is 0 Å². The summed E-state index contributed by atoms with van der Waals surface area (Å²) in [4.78, 5) is 48.5. The average molecular weight is 553 g/mol. The van der Waals surface area contributed by atoms with Gasteiger partial charge in [0.2, 0.25) is 5.69 Å². The van der Waals surface area contributed by atoms with Gasteiger partial charge in [-0.15, -0.1) is 23.1 Å². The van der Waals surface area contributed by atoms with Gasteiger partial charge in [0.15, 0.2) is 10.8 Å². The van der Waals surface area contributed by atoms with Gasteiger partial charge >= 0.3 is 0 Å². The molecule has 0 aliphatic carbocycles. The monoisotopic (exact) mass is 552 g/mol. The number of rotatable bonds is 8. The topological polar surface area (TPSA) is 183 Å². The smallest absolute Gasteiger partial charge is 0.287 e. The van der Waals surface area contributed by atoms with Crippen LogP contribution >= 0.6 is 23.1 Å². The maximum absolute atomic E-state index is 13.1. The third-order valence-corrected chi connectivity index (χ3v) is 7.95. The van der Waals surface area contributed by atoms with Gasteiger partial charge in [0.1, 0.15) is 42.5 Å². The molecule has 2 aliphatic rings. The zero-order valence-corrected chi connectivity index (χ0v) is 21.5. The molecule has 0 radical (unpaired) electrons. The van der Waals surface area contributed by atoms with Crippen LogP contribution in [-0.2, 0) is 25.8 Å². The molecule has 0 spiro atoms. The first-order chi connectivity index (χ1) is 18.3. The van der Waals surface area contributed by atoms with Crippen molar-refractivity contribution in [2.45, 2.75) is 24.9 Å². The van der Waals surface area contributed by atoms with Gasteiger partial charge in [-0.25, -0.2) is 9.55 Å². The van der Waals surface area contributed by atoms with Crippen molar-refractivity contribution in [2.75, 3.05) is 18.1 Å². The highest BCUT2D eigenvalue weighted by Gasteiger charge is 2.53. The molecule has 38 heavy (non-hydrogen) atoms. The third-order valence-electron chi connectivity index (χ3n) is 5.94. The summed E-state index contributed by atoms with van der Waals surface area (Å²) in [5.74, 6) is -2.52. The first-order valence-corrected chi connectivity index (χ1v) is 13.3. The SMILES string of the molecule is CCO/N=C(/C(=O)N[C@@H]1C(=O)N2C(C(=O)[O-])=C(Cn3cc(C#N)[n+]4ccccc34)CS[C@H]12)c1csc(N)n1. The number of oxime groups is 1. The number of fused-ring (bicyclic) bond motifs is 2. The second kappa shape index (κ2) is 10.1. The fourth-order valence-corrected chi connectivity index (χ4v) is 6.18. The van der Waals surface area contributed by atoms with Crippen LogP contribution in [0.1, 0.15) is 18.3 Å². The van der Waals surface area contributed by atoms with Gasteiger partial charge in [-0.05, 0) is 13.0 Å². The lowest BCUT2D eigenvalue weighted by atomic mass is 10.0. The lowest BCUT2D eigenvalue weighted by Crippen LogP contribution is -2.71. The molecule has 15 heteroatoms. The van der Waals surface area contributed by atoms with Crippen molar-refractivity contribution in [3.8, 4) is 6.07 Å². The van der Waals surface area contributed by atoms with Gasteiger partial charge in [0.25, 0.3) is 17.5 Å². The number of hydrogen-bond donors (Lipinski definition) is 2. The van der Waals surface area contributed by atoms with Crippen molar-refractivity contribution in [3.05, 3.63) is 58.6 Å². The number of pyridine rings is 1. The number of carbonyl (C=O) groups is 3. The number of carboxylic acid groups (broad SMARTS) is 1. The number of aromatic nitrogens is 3. The fraction of sp³-hybridized carbons (Fsp3) is 0.261. The lowest BCUT2D eigenvalue weighted by molar-refractivity contribution is -0.513. The molecule has 0 aromatic carbocycles. The number of nitrogen functional groups attached to an aromatic ring is 1. The number of nitriles is 1. The number of nitrogens with zero attached hydrogens (tertiary/aromatic N) is 6. The molecule has 5 rings (SSSR count). The van der Waals surface area contributed by atoms with E-state index >= 15 is 0 Å². The number of carbonyl (C=O) groups excluding carboxylic acids is 3. The number of carboxylic acids is 1. The summed E-state index contributed by atoms with van der Waals surface area (Å²) in [6.07, 6.45) is 3.36. The van der Waals surface area contributed by atoms with Crippen molar-refractivity contribution in [3.63, 3.8) is 0 Å². The van der Waals surface area contributed by atoms with E-state index < -0.39 is 29.2 Å². The molecule has 0 saturated carbocycles. The number of nitrogens with one attached hydrogen (secondary N) is 1. The summed E-state index contributed by atoms with van der Waals surface area (Å²) in [5, 5.41) is 29.2. The molecule has 2 aliphatic heterocycles. The zero-order valence-electron chi connectivity index (χ0n) is 19.9. The van der Waals surface area contributed by atoms with Crippen molar-refractivity contribution in [1.29, 1.82) is 5.26 Å². The van der Waals surface area contributed by atoms with Gasteiger partial charge in [0.05, 0.1) is 17.9 Å². The molecule has 3 N–H and O–H groups in total. The number of aliphatic carboxylic acids is 1. The highest BCUT2D eigenvalue weighted by atomic mass is 32.2. The Balaban J connectivity index is 1.39. The molecule has 1 fully saturated rings. The van der Waals surface area contributed by atoms with E-state index in [0.29, 0.717) is 16.9 Å². The number of thioether (sulfide) groups is 1. The molecule has 13 nitrogen and oxygen atoms in total. The molecule has 0 bridgehead atoms. The number of hydrogen-bond acceptors (Lipinski definition) is 11. The lowest BCUT2D eigenvalue weighted by Gasteiger charge is -2.50. The highest BCUT2D eigenvalue weighted by Crippen LogP contribution is 2.40. The maximum Gasteiger partial charge on any atom is 0.287 e. The Bertz CT molecular complexity index is 1570. The van der Waals surface area contributed by atoms with E-state index in [1.54, 1.807) is 45.8 Å². The van der Waals surface area contributed by atoms with Gasteiger partial charge in [-0.2, -0.15) is 9.66 Å². The predicted octanol–water partition coefficient (Wildman–Crippen LogP) is -1.02. The van der Waals surface area contributed by atoms with Crippen molar-refractivity contribution >= 4 is 57.4 Å². The molecule has 2 atom stereocenters. The van der Waals surface area contributed by atoms with Crippen LogP contribution in [-0.4, -0.2) is 61.7 Å². The summed E-state index contributed by atoms with van der Waals surface area (Å²) < 4.78 is 3.44. The number of anilines is 1. The minimum absolute atomic E-state index is 0.134. The summed E-state index contributed by atoms with van der Waals surface area (Å²) in [7, 11) is 0. The van der Waals surface area contributed by atoms with Crippen LogP contribution in [0.15, 0.2) is 52.4 Å². The first-order valence-electron chi connectivity index (χ1n) is 11.3. The number of nitrogens with two attached hydrogens (primary N) is 1. The Morgan fingerprint density at radius 2 is 2.26 bits per heavy atom. The van der Waals surface area contributed by atoms with E-state index in [9.17, 15) is 24.8 Å². The van der Waals surface area contributed by atoms with Gasteiger partial charge in [0, 0.05) is 22.8 Å². The Kier molecular flexibility index (Phi) is 6.74. The Hall–Kier alpha value is -4.42. The standard InChI is InChI=1S/C23H20N8O5S2/c1-2-36-28-16(14-11-38-23(25)26-14)19(32)27-17-20(33)31-18(22(34)35)12(10-37-21(17)31)8-29-9-13(7-24)30-6-4-3-5-15(29)30/h3-6,9,11,17,21H,2,8,10H2,1H3,(H3-,25,26,27,32,34,35)/b28-16+/t17-,21-/m1/s1. The first kappa shape index (κ1) is 25.2. The quantitative estimate of drug-likeness (QED) is 0.153. The Morgan fingerprint density at radius 1 is 1.45 bits per heavy atom. The molecule has 1 saturated heterocycles. The Labute approximate surface area is 223 Å². The van der Waals surface area contributed by atoms with Gasteiger partial charge in [-0.3, -0.25) is 14.5 Å². The number of thiazole rings is 1. The molecule has 0 unspecified atom stereocenters. The fourth-order valence-electron chi connectivity index (χ4n) is 4.30. The Morgan fingerprint density at radius 3 is 2.95 bits per heavy atom. The van der Waals surface area contributed by atoms with Crippen LogP contribution in [0.5, 0.6) is 0 Å². The summed E-state index contributed by atoms with van der Waals surface area (Å²) in [5.41, 5.74) is 7.01.